The summed E-state index contributed by atoms with van der Waals surface area (Å²) in [4.78, 5) is 13.2. The van der Waals surface area contributed by atoms with Gasteiger partial charge in [0.05, 0.1) is 16.8 Å². The highest BCUT2D eigenvalue weighted by atomic mass is 35.5. The first-order chi connectivity index (χ1) is 14.8. The van der Waals surface area contributed by atoms with E-state index < -0.39 is 0 Å². The Morgan fingerprint density at radius 2 is 1.74 bits per heavy atom. The van der Waals surface area contributed by atoms with Crippen LogP contribution in [0.3, 0.4) is 0 Å². The number of hydrogen-bond donors (Lipinski definition) is 1. The summed E-state index contributed by atoms with van der Waals surface area (Å²) in [6.07, 6.45) is 3.85. The molecule has 31 heavy (non-hydrogen) atoms. The van der Waals surface area contributed by atoms with Gasteiger partial charge >= 0.3 is 0 Å². The molecule has 1 N–H and O–H groups in total. The minimum Gasteiger partial charge on any atom is -0.283 e. The second-order valence-electron chi connectivity index (χ2n) is 8.59. The van der Waals surface area contributed by atoms with Gasteiger partial charge < -0.3 is 0 Å². The average Bonchev–Trinajstić information content (AvgIpc) is 3.16. The van der Waals surface area contributed by atoms with E-state index in [2.05, 4.69) is 55.5 Å². The molecule has 0 aromatic heterocycles. The molecule has 2 aliphatic rings. The van der Waals surface area contributed by atoms with E-state index in [4.69, 9.17) is 28.3 Å². The third-order valence-corrected chi connectivity index (χ3v) is 6.75. The molecule has 164 valence electrons. The van der Waals surface area contributed by atoms with Crippen molar-refractivity contribution in [2.24, 2.45) is 5.10 Å². The molecule has 2 aromatic carbocycles. The SMILES string of the molecule is Cc1ccc(C2CC(C(=O)NN3C(C)CCCC3C)=NN2c2ccc(Cl)cc2Cl)cc1. The van der Waals surface area contributed by atoms with E-state index in [0.717, 1.165) is 24.1 Å². The predicted molar refractivity (Wildman–Crippen MR) is 128 cm³/mol. The van der Waals surface area contributed by atoms with Gasteiger partial charge in [0.2, 0.25) is 0 Å². The molecule has 0 bridgehead atoms. The summed E-state index contributed by atoms with van der Waals surface area (Å²) in [5.41, 5.74) is 6.63. The van der Waals surface area contributed by atoms with Crippen LogP contribution in [0, 0.1) is 6.92 Å². The number of benzene rings is 2. The first-order valence-electron chi connectivity index (χ1n) is 10.8. The van der Waals surface area contributed by atoms with Crippen molar-refractivity contribution < 1.29 is 4.79 Å². The molecule has 5 nitrogen and oxygen atoms in total. The van der Waals surface area contributed by atoms with Crippen molar-refractivity contribution in [1.82, 2.24) is 10.4 Å². The van der Waals surface area contributed by atoms with E-state index in [1.165, 1.54) is 12.0 Å². The summed E-state index contributed by atoms with van der Waals surface area (Å²) in [6, 6.07) is 14.2. The maximum atomic E-state index is 13.2. The van der Waals surface area contributed by atoms with Crippen LogP contribution in [0.15, 0.2) is 47.6 Å². The van der Waals surface area contributed by atoms with Crippen molar-refractivity contribution in [2.45, 2.75) is 64.6 Å². The zero-order chi connectivity index (χ0) is 22.1. The lowest BCUT2D eigenvalue weighted by molar-refractivity contribution is -0.122. The molecule has 0 saturated carbocycles. The van der Waals surface area contributed by atoms with Crippen LogP contribution in [0.4, 0.5) is 5.69 Å². The summed E-state index contributed by atoms with van der Waals surface area (Å²) >= 11 is 12.6. The Hall–Kier alpha value is -2.08. The number of piperidine rings is 1. The first-order valence-corrected chi connectivity index (χ1v) is 11.6. The van der Waals surface area contributed by atoms with Crippen LogP contribution in [-0.4, -0.2) is 28.7 Å². The lowest BCUT2D eigenvalue weighted by Gasteiger charge is -2.38. The maximum Gasteiger partial charge on any atom is 0.281 e. The molecule has 2 aliphatic heterocycles. The van der Waals surface area contributed by atoms with Gasteiger partial charge in [0, 0.05) is 23.5 Å². The molecule has 1 amide bonds. The van der Waals surface area contributed by atoms with Gasteiger partial charge in [-0.1, -0.05) is 59.5 Å². The smallest absolute Gasteiger partial charge is 0.281 e. The number of carbonyl (C=O) groups excluding carboxylic acids is 1. The number of hydrazone groups is 1. The van der Waals surface area contributed by atoms with Crippen molar-refractivity contribution in [3.05, 3.63) is 63.6 Å². The van der Waals surface area contributed by atoms with Crippen LogP contribution in [-0.2, 0) is 4.79 Å². The molecule has 2 heterocycles. The standard InChI is InChI=1S/C24H28Cl2N4O/c1-15-7-9-18(10-8-15)23-14-21(24(31)28-29-16(2)5-4-6-17(29)3)27-30(23)22-12-11-19(25)13-20(22)26/h7-13,16-17,23H,4-6,14H2,1-3H3,(H,28,31). The second-order valence-corrected chi connectivity index (χ2v) is 9.44. The van der Waals surface area contributed by atoms with Crippen molar-refractivity contribution in [3.8, 4) is 0 Å². The Morgan fingerprint density at radius 3 is 2.39 bits per heavy atom. The molecule has 1 saturated heterocycles. The van der Waals surface area contributed by atoms with Crippen LogP contribution in [0.1, 0.15) is 56.7 Å². The van der Waals surface area contributed by atoms with Crippen molar-refractivity contribution in [2.75, 3.05) is 5.01 Å². The minimum absolute atomic E-state index is 0.115. The number of nitrogens with zero attached hydrogens (tertiary/aromatic N) is 3. The van der Waals surface area contributed by atoms with Crippen LogP contribution >= 0.6 is 23.2 Å². The molecule has 7 heteroatoms. The Balaban J connectivity index is 1.63. The normalized spacial score (nSPS) is 24.2. The molecule has 3 unspecified atom stereocenters. The predicted octanol–water partition coefficient (Wildman–Crippen LogP) is 5.90. The topological polar surface area (TPSA) is 47.9 Å². The van der Waals surface area contributed by atoms with E-state index >= 15 is 0 Å². The highest BCUT2D eigenvalue weighted by molar-refractivity contribution is 6.40. The largest absolute Gasteiger partial charge is 0.283 e. The number of hydrogen-bond acceptors (Lipinski definition) is 4. The van der Waals surface area contributed by atoms with Crippen LogP contribution in [0.5, 0.6) is 0 Å². The number of carbonyl (C=O) groups is 1. The fraction of sp³-hybridized carbons (Fsp3) is 0.417. The van der Waals surface area contributed by atoms with Gasteiger partial charge in [-0.05, 0) is 57.4 Å². The maximum absolute atomic E-state index is 13.2. The number of aryl methyl sites for hydroxylation is 1. The fourth-order valence-electron chi connectivity index (χ4n) is 4.41. The van der Waals surface area contributed by atoms with E-state index in [-0.39, 0.29) is 11.9 Å². The lowest BCUT2D eigenvalue weighted by Crippen LogP contribution is -2.55. The molecule has 4 rings (SSSR count). The molecule has 1 fully saturated rings. The highest BCUT2D eigenvalue weighted by Gasteiger charge is 2.35. The number of rotatable bonds is 4. The fourth-order valence-corrected chi connectivity index (χ4v) is 4.90. The van der Waals surface area contributed by atoms with Crippen LogP contribution in [0.2, 0.25) is 10.0 Å². The molecule has 3 atom stereocenters. The zero-order valence-corrected chi connectivity index (χ0v) is 19.6. The summed E-state index contributed by atoms with van der Waals surface area (Å²) < 4.78 is 0. The molecule has 0 spiro atoms. The van der Waals surface area contributed by atoms with Crippen molar-refractivity contribution >= 4 is 40.5 Å². The highest BCUT2D eigenvalue weighted by Crippen LogP contribution is 2.39. The third kappa shape index (κ3) is 4.74. The minimum atomic E-state index is -0.148. The Morgan fingerprint density at radius 1 is 1.06 bits per heavy atom. The van der Waals surface area contributed by atoms with Gasteiger partial charge in [0.1, 0.15) is 5.71 Å². The quantitative estimate of drug-likeness (QED) is 0.619. The van der Waals surface area contributed by atoms with Gasteiger partial charge in [-0.15, -0.1) is 0 Å². The van der Waals surface area contributed by atoms with E-state index in [9.17, 15) is 4.79 Å². The van der Waals surface area contributed by atoms with Crippen LogP contribution < -0.4 is 10.4 Å². The van der Waals surface area contributed by atoms with Crippen molar-refractivity contribution in [1.29, 1.82) is 0 Å². The zero-order valence-electron chi connectivity index (χ0n) is 18.1. The van der Waals surface area contributed by atoms with Gasteiger partial charge in [-0.2, -0.15) is 5.10 Å². The number of anilines is 1. The Kier molecular flexibility index (Phi) is 6.56. The Bertz CT molecular complexity index is 982. The average molecular weight is 459 g/mol. The van der Waals surface area contributed by atoms with E-state index in [0.29, 0.717) is 34.3 Å². The molecule has 0 radical (unpaired) electrons. The monoisotopic (exact) mass is 458 g/mol. The molecular weight excluding hydrogens is 431 g/mol. The lowest BCUT2D eigenvalue weighted by atomic mass is 9.99. The van der Waals surface area contributed by atoms with Gasteiger partial charge in [-0.3, -0.25) is 15.2 Å². The van der Waals surface area contributed by atoms with E-state index in [1.807, 2.05) is 11.1 Å². The summed E-state index contributed by atoms with van der Waals surface area (Å²) in [6.45, 7) is 6.37. The second kappa shape index (κ2) is 9.19. The molecule has 2 aromatic rings. The van der Waals surface area contributed by atoms with E-state index in [1.54, 1.807) is 12.1 Å². The van der Waals surface area contributed by atoms with Gasteiger partial charge in [0.25, 0.3) is 5.91 Å². The van der Waals surface area contributed by atoms with Gasteiger partial charge in [0.15, 0.2) is 0 Å². The molecular formula is C24H28Cl2N4O. The first kappa shape index (κ1) is 22.1. The number of amides is 1. The summed E-state index contributed by atoms with van der Waals surface area (Å²) in [5, 5.41) is 9.73. The number of halogens is 2. The van der Waals surface area contributed by atoms with Crippen molar-refractivity contribution in [3.63, 3.8) is 0 Å². The third-order valence-electron chi connectivity index (χ3n) is 6.22. The summed E-state index contributed by atoms with van der Waals surface area (Å²) in [7, 11) is 0. The number of nitrogens with one attached hydrogen (secondary N) is 1. The van der Waals surface area contributed by atoms with Crippen LogP contribution in [0.25, 0.3) is 0 Å². The Labute approximate surface area is 194 Å². The van der Waals surface area contributed by atoms with Gasteiger partial charge in [-0.25, -0.2) is 5.01 Å². The number of hydrazine groups is 1. The molecule has 0 aliphatic carbocycles. The summed E-state index contributed by atoms with van der Waals surface area (Å²) in [5.74, 6) is -0.148.